The summed E-state index contributed by atoms with van der Waals surface area (Å²) in [6.07, 6.45) is 2.76. The summed E-state index contributed by atoms with van der Waals surface area (Å²) in [7, 11) is 0. The van der Waals surface area contributed by atoms with Gasteiger partial charge in [-0.05, 0) is 18.6 Å². The Morgan fingerprint density at radius 2 is 2.29 bits per heavy atom. The van der Waals surface area contributed by atoms with Crippen molar-refractivity contribution in [2.75, 3.05) is 11.9 Å². The quantitative estimate of drug-likeness (QED) is 0.831. The lowest BCUT2D eigenvalue weighted by molar-refractivity contribution is 0.341. The Labute approximate surface area is 100 Å². The molecule has 4 heteroatoms. The second-order valence-electron chi connectivity index (χ2n) is 4.13. The lowest BCUT2D eigenvalue weighted by atomic mass is 10.1. The summed E-state index contributed by atoms with van der Waals surface area (Å²) in [5, 5.41) is 10.6. The molecule has 0 fully saturated rings. The number of hydrogen-bond donors (Lipinski definition) is 2. The molecule has 2 heterocycles. The van der Waals surface area contributed by atoms with E-state index in [4.69, 9.17) is 4.74 Å². The molecular formula is C13H15N3O. The number of ether oxygens (including phenoxy) is 1. The van der Waals surface area contributed by atoms with E-state index in [0.29, 0.717) is 6.61 Å². The Kier molecular flexibility index (Phi) is 2.48. The molecule has 1 aliphatic rings. The summed E-state index contributed by atoms with van der Waals surface area (Å²) in [4.78, 5) is 0. The minimum atomic E-state index is 0.686. The SMILES string of the molecule is CCOc1cccc2c1NCc1cn[nH]c1C2. The Morgan fingerprint density at radius 1 is 1.35 bits per heavy atom. The number of nitrogens with zero attached hydrogens (tertiary/aromatic N) is 1. The molecule has 0 unspecified atom stereocenters. The van der Waals surface area contributed by atoms with Crippen LogP contribution in [0.1, 0.15) is 23.7 Å². The predicted octanol–water partition coefficient (Wildman–Crippen LogP) is 2.32. The fraction of sp³-hybridized carbons (Fsp3) is 0.308. The van der Waals surface area contributed by atoms with Crippen LogP contribution < -0.4 is 10.1 Å². The van der Waals surface area contributed by atoms with Crippen molar-refractivity contribution in [2.24, 2.45) is 0 Å². The van der Waals surface area contributed by atoms with E-state index < -0.39 is 0 Å². The van der Waals surface area contributed by atoms with Crippen molar-refractivity contribution in [2.45, 2.75) is 19.9 Å². The second-order valence-corrected chi connectivity index (χ2v) is 4.13. The molecule has 2 N–H and O–H groups in total. The summed E-state index contributed by atoms with van der Waals surface area (Å²) in [5.74, 6) is 0.933. The van der Waals surface area contributed by atoms with Gasteiger partial charge in [-0.1, -0.05) is 12.1 Å². The van der Waals surface area contributed by atoms with Crippen LogP contribution >= 0.6 is 0 Å². The first-order valence-corrected chi connectivity index (χ1v) is 5.88. The van der Waals surface area contributed by atoms with Crippen LogP contribution in [0.15, 0.2) is 24.4 Å². The Bertz CT molecular complexity index is 533. The van der Waals surface area contributed by atoms with Gasteiger partial charge in [-0.2, -0.15) is 5.10 Å². The van der Waals surface area contributed by atoms with Gasteiger partial charge >= 0.3 is 0 Å². The van der Waals surface area contributed by atoms with Crippen LogP contribution in [0.3, 0.4) is 0 Å². The fourth-order valence-corrected chi connectivity index (χ4v) is 2.22. The highest BCUT2D eigenvalue weighted by Gasteiger charge is 2.16. The molecule has 1 aromatic heterocycles. The van der Waals surface area contributed by atoms with E-state index in [2.05, 4.69) is 21.6 Å². The highest BCUT2D eigenvalue weighted by molar-refractivity contribution is 5.64. The highest BCUT2D eigenvalue weighted by atomic mass is 16.5. The van der Waals surface area contributed by atoms with Gasteiger partial charge in [0, 0.05) is 24.2 Å². The van der Waals surface area contributed by atoms with Gasteiger partial charge in [-0.15, -0.1) is 0 Å². The van der Waals surface area contributed by atoms with Gasteiger partial charge in [0.25, 0.3) is 0 Å². The molecule has 0 amide bonds. The van der Waals surface area contributed by atoms with Crippen molar-refractivity contribution in [3.05, 3.63) is 41.2 Å². The first-order chi connectivity index (χ1) is 8.38. The van der Waals surface area contributed by atoms with Gasteiger partial charge in [-0.3, -0.25) is 5.10 Å². The van der Waals surface area contributed by atoms with E-state index in [9.17, 15) is 0 Å². The number of benzene rings is 1. The molecule has 88 valence electrons. The second kappa shape index (κ2) is 4.13. The molecule has 1 aliphatic heterocycles. The molecule has 0 saturated carbocycles. The molecule has 2 aromatic rings. The van der Waals surface area contributed by atoms with Gasteiger partial charge in [0.05, 0.1) is 18.5 Å². The van der Waals surface area contributed by atoms with Gasteiger partial charge < -0.3 is 10.1 Å². The van der Waals surface area contributed by atoms with Gasteiger partial charge in [0.15, 0.2) is 0 Å². The number of fused-ring (bicyclic) bond motifs is 2. The summed E-state index contributed by atoms with van der Waals surface area (Å²) < 4.78 is 5.65. The van der Waals surface area contributed by atoms with Crippen LogP contribution in [0.2, 0.25) is 0 Å². The fourth-order valence-electron chi connectivity index (χ4n) is 2.22. The number of aromatic nitrogens is 2. The maximum absolute atomic E-state index is 5.65. The number of para-hydroxylation sites is 1. The number of aromatic amines is 1. The van der Waals surface area contributed by atoms with Gasteiger partial charge in [0.1, 0.15) is 5.75 Å². The minimum Gasteiger partial charge on any atom is -0.492 e. The molecule has 0 saturated heterocycles. The third-order valence-electron chi connectivity index (χ3n) is 3.04. The zero-order chi connectivity index (χ0) is 11.7. The Balaban J connectivity index is 2.03. The van der Waals surface area contributed by atoms with E-state index in [0.717, 1.165) is 24.4 Å². The molecule has 0 spiro atoms. The van der Waals surface area contributed by atoms with Crippen LogP contribution in [0, 0.1) is 0 Å². The summed E-state index contributed by atoms with van der Waals surface area (Å²) in [6, 6.07) is 6.17. The van der Waals surface area contributed by atoms with E-state index >= 15 is 0 Å². The number of H-pyrrole nitrogens is 1. The zero-order valence-electron chi connectivity index (χ0n) is 9.79. The number of rotatable bonds is 2. The molecule has 0 atom stereocenters. The lowest BCUT2D eigenvalue weighted by Gasteiger charge is -2.13. The molecule has 0 bridgehead atoms. The Morgan fingerprint density at radius 3 is 3.18 bits per heavy atom. The molecule has 3 rings (SSSR count). The normalized spacial score (nSPS) is 13.2. The molecule has 4 nitrogen and oxygen atoms in total. The van der Waals surface area contributed by atoms with E-state index in [-0.39, 0.29) is 0 Å². The van der Waals surface area contributed by atoms with Crippen molar-refractivity contribution < 1.29 is 4.74 Å². The first kappa shape index (κ1) is 10.2. The number of nitrogens with one attached hydrogen (secondary N) is 2. The van der Waals surface area contributed by atoms with Crippen LogP contribution in [0.4, 0.5) is 5.69 Å². The smallest absolute Gasteiger partial charge is 0.142 e. The molecule has 0 aliphatic carbocycles. The van der Waals surface area contributed by atoms with Crippen LogP contribution in [0.25, 0.3) is 0 Å². The molecule has 17 heavy (non-hydrogen) atoms. The minimum absolute atomic E-state index is 0.686. The molecule has 0 radical (unpaired) electrons. The van der Waals surface area contributed by atoms with E-state index in [1.165, 1.54) is 16.8 Å². The van der Waals surface area contributed by atoms with Crippen molar-refractivity contribution >= 4 is 5.69 Å². The van der Waals surface area contributed by atoms with Crippen molar-refractivity contribution in [3.63, 3.8) is 0 Å². The topological polar surface area (TPSA) is 49.9 Å². The predicted molar refractivity (Wildman–Crippen MR) is 66.3 cm³/mol. The van der Waals surface area contributed by atoms with Crippen LogP contribution in [0.5, 0.6) is 5.75 Å². The average molecular weight is 229 g/mol. The van der Waals surface area contributed by atoms with Crippen molar-refractivity contribution in [3.8, 4) is 5.75 Å². The number of anilines is 1. The summed E-state index contributed by atoms with van der Waals surface area (Å²) in [5.41, 5.74) is 4.77. The molecule has 1 aromatic carbocycles. The maximum Gasteiger partial charge on any atom is 0.142 e. The standard InChI is InChI=1S/C13H15N3O/c1-2-17-12-5-3-4-9-6-11-10(8-15-16-11)7-14-13(9)12/h3-5,8,14H,2,6-7H2,1H3,(H,15,16). The summed E-state index contributed by atoms with van der Waals surface area (Å²) >= 11 is 0. The van der Waals surface area contributed by atoms with Gasteiger partial charge in [-0.25, -0.2) is 0 Å². The summed E-state index contributed by atoms with van der Waals surface area (Å²) in [6.45, 7) is 3.48. The molecular weight excluding hydrogens is 214 g/mol. The van der Waals surface area contributed by atoms with Crippen LogP contribution in [-0.4, -0.2) is 16.8 Å². The first-order valence-electron chi connectivity index (χ1n) is 5.88. The number of hydrogen-bond acceptors (Lipinski definition) is 3. The van der Waals surface area contributed by atoms with E-state index in [1.54, 1.807) is 0 Å². The Hall–Kier alpha value is -1.97. The monoisotopic (exact) mass is 229 g/mol. The average Bonchev–Trinajstić information content (AvgIpc) is 2.69. The highest BCUT2D eigenvalue weighted by Crippen LogP contribution is 2.33. The van der Waals surface area contributed by atoms with Gasteiger partial charge in [0.2, 0.25) is 0 Å². The third-order valence-corrected chi connectivity index (χ3v) is 3.04. The maximum atomic E-state index is 5.65. The lowest BCUT2D eigenvalue weighted by Crippen LogP contribution is -2.02. The van der Waals surface area contributed by atoms with Crippen molar-refractivity contribution in [1.29, 1.82) is 0 Å². The van der Waals surface area contributed by atoms with E-state index in [1.807, 2.05) is 25.3 Å². The van der Waals surface area contributed by atoms with Crippen molar-refractivity contribution in [1.82, 2.24) is 10.2 Å². The third kappa shape index (κ3) is 1.75. The zero-order valence-corrected chi connectivity index (χ0v) is 9.79. The largest absolute Gasteiger partial charge is 0.492 e. The van der Waals surface area contributed by atoms with Crippen LogP contribution in [-0.2, 0) is 13.0 Å².